The lowest BCUT2D eigenvalue weighted by Crippen LogP contribution is -2.10. The summed E-state index contributed by atoms with van der Waals surface area (Å²) in [5.74, 6) is -0.996. The lowest BCUT2D eigenvalue weighted by atomic mass is 9.91. The monoisotopic (exact) mass is 552 g/mol. The molecular formula is C30H30Cl2N2O4. The average Bonchev–Trinajstić information content (AvgIpc) is 3.39. The van der Waals surface area contributed by atoms with Crippen LogP contribution in [0.15, 0.2) is 36.4 Å². The summed E-state index contributed by atoms with van der Waals surface area (Å²) >= 11 is 13.0. The lowest BCUT2D eigenvalue weighted by molar-refractivity contribution is 0.0514. The zero-order valence-electron chi connectivity index (χ0n) is 22.3. The van der Waals surface area contributed by atoms with E-state index in [1.807, 2.05) is 50.2 Å². The maximum absolute atomic E-state index is 13.4. The van der Waals surface area contributed by atoms with Crippen molar-refractivity contribution in [1.29, 1.82) is 0 Å². The van der Waals surface area contributed by atoms with Gasteiger partial charge >= 0.3 is 11.9 Å². The van der Waals surface area contributed by atoms with E-state index >= 15 is 0 Å². The van der Waals surface area contributed by atoms with Gasteiger partial charge in [-0.25, -0.2) is 9.59 Å². The maximum Gasteiger partial charge on any atom is 0.340 e. The summed E-state index contributed by atoms with van der Waals surface area (Å²) < 4.78 is 10.9. The van der Waals surface area contributed by atoms with Crippen molar-refractivity contribution >= 4 is 35.1 Å². The van der Waals surface area contributed by atoms with E-state index in [0.717, 1.165) is 22.3 Å². The molecule has 38 heavy (non-hydrogen) atoms. The smallest absolute Gasteiger partial charge is 0.340 e. The average molecular weight is 553 g/mol. The largest absolute Gasteiger partial charge is 0.462 e. The Kier molecular flexibility index (Phi) is 8.05. The Bertz CT molecular complexity index is 1430. The summed E-state index contributed by atoms with van der Waals surface area (Å²) in [5.41, 5.74) is 7.57. The highest BCUT2D eigenvalue weighted by atomic mass is 35.5. The summed E-state index contributed by atoms with van der Waals surface area (Å²) in [6.07, 6.45) is 0. The van der Waals surface area contributed by atoms with Crippen molar-refractivity contribution in [3.8, 4) is 33.6 Å². The van der Waals surface area contributed by atoms with Gasteiger partial charge in [0.15, 0.2) is 0 Å². The van der Waals surface area contributed by atoms with Crippen LogP contribution in [0.1, 0.15) is 57.1 Å². The highest BCUT2D eigenvalue weighted by molar-refractivity contribution is 6.32. The molecule has 0 amide bonds. The summed E-state index contributed by atoms with van der Waals surface area (Å²) in [4.78, 5) is 33.5. The number of aryl methyl sites for hydroxylation is 4. The Hall–Kier alpha value is -3.48. The molecule has 6 nitrogen and oxygen atoms in total. The van der Waals surface area contributed by atoms with Crippen LogP contribution in [0.5, 0.6) is 0 Å². The molecule has 0 saturated heterocycles. The molecule has 0 aliphatic carbocycles. The van der Waals surface area contributed by atoms with E-state index < -0.39 is 11.9 Å². The number of carbonyl (C=O) groups is 2. The van der Waals surface area contributed by atoms with Gasteiger partial charge in [-0.3, -0.25) is 0 Å². The standard InChI is InChI=1S/C30H30Cl2N2O4/c1-7-37-29(35)23-17(5)33-27(19-11-9-15(3)21(31)13-19)25(23)26-24(30(36)38-8-2)18(6)34-28(26)20-12-10-16(4)22(32)14-20/h9-14,33-34H,7-8H2,1-6H3. The van der Waals surface area contributed by atoms with E-state index in [1.54, 1.807) is 27.7 Å². The maximum atomic E-state index is 13.4. The molecule has 0 aliphatic heterocycles. The van der Waals surface area contributed by atoms with Crippen LogP contribution in [0, 0.1) is 27.7 Å². The van der Waals surface area contributed by atoms with Crippen molar-refractivity contribution in [3.05, 3.63) is 80.1 Å². The van der Waals surface area contributed by atoms with Gasteiger partial charge in [-0.2, -0.15) is 0 Å². The molecule has 198 valence electrons. The molecule has 2 aromatic carbocycles. The second kappa shape index (κ2) is 11.1. The van der Waals surface area contributed by atoms with Crippen molar-refractivity contribution in [2.45, 2.75) is 41.5 Å². The Labute approximate surface area is 232 Å². The zero-order chi connectivity index (χ0) is 27.7. The minimum Gasteiger partial charge on any atom is -0.462 e. The molecule has 0 spiro atoms. The third kappa shape index (κ3) is 4.98. The first-order valence-electron chi connectivity index (χ1n) is 12.4. The van der Waals surface area contributed by atoms with Crippen LogP contribution in [-0.4, -0.2) is 35.1 Å². The van der Waals surface area contributed by atoms with E-state index in [4.69, 9.17) is 32.7 Å². The fraction of sp³-hybridized carbons (Fsp3) is 0.267. The molecule has 0 saturated carbocycles. The van der Waals surface area contributed by atoms with Crippen LogP contribution >= 0.6 is 23.2 Å². The molecule has 0 unspecified atom stereocenters. The molecule has 4 rings (SSSR count). The van der Waals surface area contributed by atoms with E-state index in [2.05, 4.69) is 9.97 Å². The first-order chi connectivity index (χ1) is 18.1. The Morgan fingerprint density at radius 1 is 0.684 bits per heavy atom. The van der Waals surface area contributed by atoms with Crippen molar-refractivity contribution in [1.82, 2.24) is 9.97 Å². The topological polar surface area (TPSA) is 84.2 Å². The van der Waals surface area contributed by atoms with Crippen molar-refractivity contribution < 1.29 is 19.1 Å². The summed E-state index contributed by atoms with van der Waals surface area (Å²) in [6.45, 7) is 11.4. The molecule has 2 N–H and O–H groups in total. The second-order valence-electron chi connectivity index (χ2n) is 9.12. The zero-order valence-corrected chi connectivity index (χ0v) is 23.8. The summed E-state index contributed by atoms with van der Waals surface area (Å²) in [6, 6.07) is 11.4. The van der Waals surface area contributed by atoms with Gasteiger partial charge in [0.05, 0.1) is 35.7 Å². The van der Waals surface area contributed by atoms with E-state index in [1.165, 1.54) is 0 Å². The van der Waals surface area contributed by atoms with E-state index in [-0.39, 0.29) is 13.2 Å². The van der Waals surface area contributed by atoms with Gasteiger partial charge in [0.2, 0.25) is 0 Å². The number of rotatable bonds is 7. The van der Waals surface area contributed by atoms with Crippen molar-refractivity contribution in [2.75, 3.05) is 13.2 Å². The molecular weight excluding hydrogens is 523 g/mol. The molecule has 8 heteroatoms. The van der Waals surface area contributed by atoms with Crippen LogP contribution in [0.25, 0.3) is 33.6 Å². The third-order valence-corrected chi connectivity index (χ3v) is 7.32. The van der Waals surface area contributed by atoms with Crippen molar-refractivity contribution in [2.24, 2.45) is 0 Å². The number of aromatic amines is 2. The third-order valence-electron chi connectivity index (χ3n) is 6.51. The first-order valence-corrected chi connectivity index (χ1v) is 13.2. The lowest BCUT2D eigenvalue weighted by Gasteiger charge is -2.13. The fourth-order valence-corrected chi connectivity index (χ4v) is 4.96. The van der Waals surface area contributed by atoms with Gasteiger partial charge in [-0.05, 0) is 64.8 Å². The quantitative estimate of drug-likeness (QED) is 0.226. The van der Waals surface area contributed by atoms with Crippen molar-refractivity contribution in [3.63, 3.8) is 0 Å². The Balaban J connectivity index is 2.16. The molecule has 0 fully saturated rings. The molecule has 0 aliphatic rings. The molecule has 0 radical (unpaired) electrons. The number of aromatic nitrogens is 2. The number of hydrogen-bond donors (Lipinski definition) is 2. The second-order valence-corrected chi connectivity index (χ2v) is 9.93. The fourth-order valence-electron chi connectivity index (χ4n) is 4.60. The number of halogens is 2. The number of carbonyl (C=O) groups excluding carboxylic acids is 2. The summed E-state index contributed by atoms with van der Waals surface area (Å²) in [5, 5.41) is 1.17. The van der Waals surface area contributed by atoms with E-state index in [9.17, 15) is 9.59 Å². The van der Waals surface area contributed by atoms with Gasteiger partial charge in [0.25, 0.3) is 0 Å². The minimum atomic E-state index is -0.498. The Morgan fingerprint density at radius 3 is 1.37 bits per heavy atom. The van der Waals surface area contributed by atoms with Gasteiger partial charge < -0.3 is 19.4 Å². The number of hydrogen-bond acceptors (Lipinski definition) is 4. The number of nitrogens with one attached hydrogen (secondary N) is 2. The molecule has 2 heterocycles. The van der Waals surface area contributed by atoms with Crippen LogP contribution in [0.2, 0.25) is 10.0 Å². The molecule has 4 aromatic rings. The van der Waals surface area contributed by atoms with Crippen LogP contribution in [-0.2, 0) is 9.47 Å². The van der Waals surface area contributed by atoms with Gasteiger partial charge in [-0.15, -0.1) is 0 Å². The number of H-pyrrole nitrogens is 2. The predicted octanol–water partition coefficient (Wildman–Crippen LogP) is 8.24. The van der Waals surface area contributed by atoms with Crippen LogP contribution < -0.4 is 0 Å². The molecule has 2 aromatic heterocycles. The minimum absolute atomic E-state index is 0.200. The summed E-state index contributed by atoms with van der Waals surface area (Å²) in [7, 11) is 0. The molecule has 0 atom stereocenters. The normalized spacial score (nSPS) is 11.1. The predicted molar refractivity (Wildman–Crippen MR) is 152 cm³/mol. The SMILES string of the molecule is CCOC(=O)c1c(C)[nH]c(-c2ccc(C)c(Cl)c2)c1-c1c(-c2ccc(C)c(Cl)c2)[nH]c(C)c1C(=O)OCC. The van der Waals surface area contributed by atoms with E-state index in [0.29, 0.717) is 55.1 Å². The number of benzene rings is 2. The Morgan fingerprint density at radius 2 is 1.05 bits per heavy atom. The number of esters is 2. The van der Waals surface area contributed by atoms with Gasteiger partial charge in [0, 0.05) is 43.7 Å². The highest BCUT2D eigenvalue weighted by Gasteiger charge is 2.32. The van der Waals surface area contributed by atoms with Gasteiger partial charge in [0.1, 0.15) is 0 Å². The van der Waals surface area contributed by atoms with Gasteiger partial charge in [-0.1, -0.05) is 47.5 Å². The molecule has 0 bridgehead atoms. The highest BCUT2D eigenvalue weighted by Crippen LogP contribution is 2.45. The first kappa shape index (κ1) is 27.6. The number of ether oxygens (including phenoxy) is 2. The van der Waals surface area contributed by atoms with Crippen LogP contribution in [0.3, 0.4) is 0 Å². The van der Waals surface area contributed by atoms with Crippen LogP contribution in [0.4, 0.5) is 0 Å².